The zero-order chi connectivity index (χ0) is 27.0. The van der Waals surface area contributed by atoms with Crippen molar-refractivity contribution in [3.8, 4) is 11.5 Å². The Bertz CT molecular complexity index is 1130. The van der Waals surface area contributed by atoms with Gasteiger partial charge >= 0.3 is 6.09 Å². The number of nitrogens with one attached hydrogen (secondary N) is 1. The van der Waals surface area contributed by atoms with E-state index in [1.807, 2.05) is 37.3 Å². The molecule has 0 unspecified atom stereocenters. The van der Waals surface area contributed by atoms with Gasteiger partial charge in [-0.25, -0.2) is 4.79 Å². The minimum absolute atomic E-state index is 0.190. The van der Waals surface area contributed by atoms with E-state index in [1.165, 1.54) is 51.4 Å². The third kappa shape index (κ3) is 10.0. The lowest BCUT2D eigenvalue weighted by molar-refractivity contribution is 0.103. The van der Waals surface area contributed by atoms with Gasteiger partial charge in [0, 0.05) is 11.3 Å². The van der Waals surface area contributed by atoms with Crippen LogP contribution in [-0.4, -0.2) is 18.5 Å². The largest absolute Gasteiger partial charge is 0.494 e. The van der Waals surface area contributed by atoms with E-state index in [9.17, 15) is 9.59 Å². The highest BCUT2D eigenvalue weighted by Crippen LogP contribution is 2.28. The van der Waals surface area contributed by atoms with Gasteiger partial charge < -0.3 is 9.47 Å². The number of carbonyl (C=O) groups excluding carboxylic acids is 2. The van der Waals surface area contributed by atoms with Crippen molar-refractivity contribution in [2.75, 3.05) is 11.9 Å². The molecule has 3 aromatic carbocycles. The first-order valence-corrected chi connectivity index (χ1v) is 14.0. The van der Waals surface area contributed by atoms with E-state index in [-0.39, 0.29) is 17.1 Å². The predicted molar refractivity (Wildman–Crippen MR) is 154 cm³/mol. The quantitative estimate of drug-likeness (QED) is 0.153. The monoisotopic (exact) mass is 515 g/mol. The van der Waals surface area contributed by atoms with E-state index in [0.29, 0.717) is 23.6 Å². The van der Waals surface area contributed by atoms with E-state index < -0.39 is 6.09 Å². The number of benzene rings is 3. The number of ether oxygens (including phenoxy) is 2. The van der Waals surface area contributed by atoms with Gasteiger partial charge in [-0.2, -0.15) is 0 Å². The number of amides is 1. The molecule has 0 saturated heterocycles. The SMILES string of the molecule is CCCCCCCCCCCCOc1ccc(OC(=O)Nc2ccc(C)cc2)c(C(=O)c2ccccc2)c1. The van der Waals surface area contributed by atoms with Crippen LogP contribution < -0.4 is 14.8 Å². The maximum absolute atomic E-state index is 13.3. The van der Waals surface area contributed by atoms with Gasteiger partial charge in [-0.15, -0.1) is 0 Å². The van der Waals surface area contributed by atoms with Crippen LogP contribution in [0.3, 0.4) is 0 Å². The minimum atomic E-state index is -0.657. The zero-order valence-electron chi connectivity index (χ0n) is 22.8. The molecule has 3 aromatic rings. The maximum atomic E-state index is 13.3. The number of anilines is 1. The highest BCUT2D eigenvalue weighted by Gasteiger charge is 2.18. The molecule has 202 valence electrons. The number of rotatable bonds is 16. The average molecular weight is 516 g/mol. The predicted octanol–water partition coefficient (Wildman–Crippen LogP) is 9.14. The molecule has 0 aliphatic carbocycles. The molecule has 3 rings (SSSR count). The number of aryl methyl sites for hydroxylation is 1. The lowest BCUT2D eigenvalue weighted by Crippen LogP contribution is -2.18. The molecule has 1 N–H and O–H groups in total. The molecule has 0 saturated carbocycles. The van der Waals surface area contributed by atoms with Crippen molar-refractivity contribution < 1.29 is 19.1 Å². The number of unbranched alkanes of at least 4 members (excludes halogenated alkanes) is 9. The number of hydrogen-bond donors (Lipinski definition) is 1. The van der Waals surface area contributed by atoms with E-state index in [2.05, 4.69) is 12.2 Å². The van der Waals surface area contributed by atoms with Crippen LogP contribution in [0.1, 0.15) is 92.6 Å². The van der Waals surface area contributed by atoms with E-state index in [4.69, 9.17) is 9.47 Å². The summed E-state index contributed by atoms with van der Waals surface area (Å²) < 4.78 is 11.5. The Labute approximate surface area is 227 Å². The molecule has 38 heavy (non-hydrogen) atoms. The normalized spacial score (nSPS) is 10.7. The van der Waals surface area contributed by atoms with Crippen LogP contribution >= 0.6 is 0 Å². The Kier molecular flexibility index (Phi) is 12.4. The summed E-state index contributed by atoms with van der Waals surface area (Å²) in [4.78, 5) is 25.9. The van der Waals surface area contributed by atoms with Crippen LogP contribution in [-0.2, 0) is 0 Å². The van der Waals surface area contributed by atoms with E-state index >= 15 is 0 Å². The smallest absolute Gasteiger partial charge is 0.417 e. The van der Waals surface area contributed by atoms with Gasteiger partial charge in [0.1, 0.15) is 11.5 Å². The second-order valence-electron chi connectivity index (χ2n) is 9.76. The van der Waals surface area contributed by atoms with E-state index in [0.717, 1.165) is 18.4 Å². The average Bonchev–Trinajstić information content (AvgIpc) is 2.93. The zero-order valence-corrected chi connectivity index (χ0v) is 22.8. The summed E-state index contributed by atoms with van der Waals surface area (Å²) in [6, 6.07) is 21.4. The third-order valence-electron chi connectivity index (χ3n) is 6.50. The summed E-state index contributed by atoms with van der Waals surface area (Å²) in [7, 11) is 0. The van der Waals surface area contributed by atoms with Crippen LogP contribution in [0.5, 0.6) is 11.5 Å². The van der Waals surface area contributed by atoms with Crippen molar-refractivity contribution in [2.24, 2.45) is 0 Å². The molecule has 0 radical (unpaired) electrons. The molecule has 0 aromatic heterocycles. The van der Waals surface area contributed by atoms with Crippen molar-refractivity contribution in [1.82, 2.24) is 0 Å². The summed E-state index contributed by atoms with van der Waals surface area (Å²) >= 11 is 0. The molecular weight excluding hydrogens is 474 g/mol. The Balaban J connectivity index is 1.55. The third-order valence-corrected chi connectivity index (χ3v) is 6.50. The van der Waals surface area contributed by atoms with Crippen molar-refractivity contribution in [2.45, 2.75) is 78.1 Å². The lowest BCUT2D eigenvalue weighted by Gasteiger charge is -2.13. The van der Waals surface area contributed by atoms with Crippen molar-refractivity contribution in [3.63, 3.8) is 0 Å². The maximum Gasteiger partial charge on any atom is 0.417 e. The van der Waals surface area contributed by atoms with Crippen molar-refractivity contribution in [3.05, 3.63) is 89.5 Å². The summed E-state index contributed by atoms with van der Waals surface area (Å²) in [5.74, 6) is 0.550. The first-order valence-electron chi connectivity index (χ1n) is 14.0. The first kappa shape index (κ1) is 29.0. The fraction of sp³-hybridized carbons (Fsp3) is 0.394. The van der Waals surface area contributed by atoms with Crippen molar-refractivity contribution in [1.29, 1.82) is 0 Å². The highest BCUT2D eigenvalue weighted by molar-refractivity contribution is 6.11. The van der Waals surface area contributed by atoms with Gasteiger partial charge in [-0.05, 0) is 43.7 Å². The minimum Gasteiger partial charge on any atom is -0.494 e. The second-order valence-corrected chi connectivity index (χ2v) is 9.76. The molecular formula is C33H41NO4. The highest BCUT2D eigenvalue weighted by atomic mass is 16.6. The molecule has 1 amide bonds. The topological polar surface area (TPSA) is 64.6 Å². The van der Waals surface area contributed by atoms with Gasteiger partial charge in [0.05, 0.1) is 12.2 Å². The molecule has 0 atom stereocenters. The molecule has 5 heteroatoms. The first-order chi connectivity index (χ1) is 18.6. The van der Waals surface area contributed by atoms with Gasteiger partial charge in [-0.3, -0.25) is 10.1 Å². The second kappa shape index (κ2) is 16.3. The summed E-state index contributed by atoms with van der Waals surface area (Å²) in [6.45, 7) is 4.81. The number of ketones is 1. The van der Waals surface area contributed by atoms with Crippen LogP contribution in [0.25, 0.3) is 0 Å². The van der Waals surface area contributed by atoms with E-state index in [1.54, 1.807) is 42.5 Å². The molecule has 0 aliphatic rings. The van der Waals surface area contributed by atoms with Gasteiger partial charge in [0.25, 0.3) is 0 Å². The summed E-state index contributed by atoms with van der Waals surface area (Å²) in [5, 5.41) is 2.71. The fourth-order valence-corrected chi connectivity index (χ4v) is 4.27. The van der Waals surface area contributed by atoms with Crippen molar-refractivity contribution >= 4 is 17.6 Å². The van der Waals surface area contributed by atoms with Crippen LogP contribution in [0.15, 0.2) is 72.8 Å². The van der Waals surface area contributed by atoms with Crippen LogP contribution in [0.4, 0.5) is 10.5 Å². The lowest BCUT2D eigenvalue weighted by atomic mass is 10.0. The molecule has 0 bridgehead atoms. The van der Waals surface area contributed by atoms with Crippen LogP contribution in [0, 0.1) is 6.92 Å². The van der Waals surface area contributed by atoms with Gasteiger partial charge in [0.15, 0.2) is 5.78 Å². The molecule has 5 nitrogen and oxygen atoms in total. The number of carbonyl (C=O) groups is 2. The van der Waals surface area contributed by atoms with Crippen LogP contribution in [0.2, 0.25) is 0 Å². The van der Waals surface area contributed by atoms with Gasteiger partial charge in [0.2, 0.25) is 0 Å². The Morgan fingerprint density at radius 2 is 1.37 bits per heavy atom. The van der Waals surface area contributed by atoms with Gasteiger partial charge in [-0.1, -0.05) is 113 Å². The molecule has 0 spiro atoms. The standard InChI is InChI=1S/C33H41NO4/c1-3-4-5-6-7-8-9-10-11-15-24-37-29-22-23-31(30(25-29)32(35)27-16-13-12-14-17-27)38-33(36)34-28-20-18-26(2)19-21-28/h12-14,16-23,25H,3-11,15,24H2,1-2H3,(H,34,36). The molecule has 0 fully saturated rings. The Morgan fingerprint density at radius 3 is 2.03 bits per heavy atom. The summed E-state index contributed by atoms with van der Waals surface area (Å²) in [6.07, 6.45) is 12.0. The molecule has 0 heterocycles. The Morgan fingerprint density at radius 1 is 0.737 bits per heavy atom. The Hall–Kier alpha value is -3.60. The molecule has 0 aliphatic heterocycles. The number of hydrogen-bond acceptors (Lipinski definition) is 4. The summed E-state index contributed by atoms with van der Waals surface area (Å²) in [5.41, 5.74) is 2.51. The fourth-order valence-electron chi connectivity index (χ4n) is 4.27.